The lowest BCUT2D eigenvalue weighted by molar-refractivity contribution is -0.142. The Morgan fingerprint density at radius 3 is 2.80 bits per heavy atom. The fourth-order valence-electron chi connectivity index (χ4n) is 5.15. The molecule has 3 aliphatic heterocycles. The van der Waals surface area contributed by atoms with Gasteiger partial charge in [-0.1, -0.05) is 6.07 Å². The standard InChI is InChI=1S/C26H31N3O6/c30-15-23-25-21(11-19(34-23)12-24(31)28-14-16-2-1-7-27-13-16)20-10-18(3-4-22(20)35-25)29-26(32)17-5-8-33-9-6-17/h1-4,7,10,13,17,19,21,23,25,30H,5-6,8-9,11-12,14-15H2,(H,28,31)(H,29,32)/t19-,21-,23-,25+/m0/s1. The van der Waals surface area contributed by atoms with Crippen LogP contribution in [0.3, 0.4) is 0 Å². The van der Waals surface area contributed by atoms with E-state index in [1.54, 1.807) is 12.4 Å². The number of aromatic nitrogens is 1. The van der Waals surface area contributed by atoms with Crippen LogP contribution in [0.1, 0.15) is 42.7 Å². The molecule has 9 nitrogen and oxygen atoms in total. The number of anilines is 1. The molecule has 5 rings (SSSR count). The molecule has 2 aromatic rings. The number of pyridine rings is 1. The SMILES string of the molecule is O=C(C[C@@H]1C[C@H]2c3cc(NC(=O)C4CCOCC4)ccc3O[C@H]2[C@H](CO)O1)NCc1cccnc1. The summed E-state index contributed by atoms with van der Waals surface area (Å²) in [5.41, 5.74) is 2.62. The number of carbonyl (C=O) groups excluding carboxylic acids is 2. The fourth-order valence-corrected chi connectivity index (χ4v) is 5.15. The number of carbonyl (C=O) groups is 2. The van der Waals surface area contributed by atoms with Crippen LogP contribution in [0.5, 0.6) is 5.75 Å². The van der Waals surface area contributed by atoms with Gasteiger partial charge in [0.05, 0.1) is 19.1 Å². The Kier molecular flexibility index (Phi) is 7.26. The highest BCUT2D eigenvalue weighted by Crippen LogP contribution is 2.47. The first-order valence-corrected chi connectivity index (χ1v) is 12.2. The molecule has 2 saturated heterocycles. The highest BCUT2D eigenvalue weighted by Gasteiger charge is 2.46. The molecule has 0 aliphatic carbocycles. The van der Waals surface area contributed by atoms with Crippen molar-refractivity contribution in [2.45, 2.75) is 56.5 Å². The molecule has 0 bridgehead atoms. The Bertz CT molecular complexity index is 1040. The molecule has 186 valence electrons. The van der Waals surface area contributed by atoms with Gasteiger partial charge >= 0.3 is 0 Å². The van der Waals surface area contributed by atoms with E-state index in [9.17, 15) is 14.7 Å². The van der Waals surface area contributed by atoms with Gasteiger partial charge in [0.1, 0.15) is 18.0 Å². The van der Waals surface area contributed by atoms with Crippen molar-refractivity contribution in [2.24, 2.45) is 5.92 Å². The zero-order valence-corrected chi connectivity index (χ0v) is 19.5. The van der Waals surface area contributed by atoms with Crippen LogP contribution in [-0.2, 0) is 25.6 Å². The molecular weight excluding hydrogens is 450 g/mol. The van der Waals surface area contributed by atoms with Crippen molar-refractivity contribution in [2.75, 3.05) is 25.1 Å². The minimum atomic E-state index is -0.530. The highest BCUT2D eigenvalue weighted by molar-refractivity contribution is 5.92. The number of benzene rings is 1. The molecular formula is C26H31N3O6. The highest BCUT2D eigenvalue weighted by atomic mass is 16.6. The van der Waals surface area contributed by atoms with Gasteiger partial charge in [-0.15, -0.1) is 0 Å². The summed E-state index contributed by atoms with van der Waals surface area (Å²) in [5, 5.41) is 15.9. The first-order chi connectivity index (χ1) is 17.1. The summed E-state index contributed by atoms with van der Waals surface area (Å²) in [5.74, 6) is 0.537. The van der Waals surface area contributed by atoms with Crippen molar-refractivity contribution >= 4 is 17.5 Å². The molecule has 3 N–H and O–H groups in total. The van der Waals surface area contributed by atoms with E-state index in [1.807, 2.05) is 30.3 Å². The van der Waals surface area contributed by atoms with Crippen molar-refractivity contribution in [3.05, 3.63) is 53.9 Å². The van der Waals surface area contributed by atoms with Crippen molar-refractivity contribution < 1.29 is 28.9 Å². The summed E-state index contributed by atoms with van der Waals surface area (Å²) in [6, 6.07) is 9.39. The Balaban J connectivity index is 1.24. The maximum absolute atomic E-state index is 12.7. The molecule has 35 heavy (non-hydrogen) atoms. The minimum absolute atomic E-state index is 0.00657. The van der Waals surface area contributed by atoms with E-state index in [4.69, 9.17) is 14.2 Å². The van der Waals surface area contributed by atoms with Crippen LogP contribution in [0, 0.1) is 5.92 Å². The van der Waals surface area contributed by atoms with E-state index in [1.165, 1.54) is 0 Å². The van der Waals surface area contributed by atoms with E-state index in [0.717, 1.165) is 35.4 Å². The number of fused-ring (bicyclic) bond motifs is 3. The van der Waals surface area contributed by atoms with Crippen molar-refractivity contribution in [1.82, 2.24) is 10.3 Å². The number of hydrogen-bond acceptors (Lipinski definition) is 7. The van der Waals surface area contributed by atoms with Gasteiger partial charge in [0, 0.05) is 55.2 Å². The molecule has 0 unspecified atom stereocenters. The van der Waals surface area contributed by atoms with Crippen molar-refractivity contribution in [3.8, 4) is 5.75 Å². The Hall–Kier alpha value is -3.01. The van der Waals surface area contributed by atoms with Gasteiger partial charge in [-0.05, 0) is 49.1 Å². The summed E-state index contributed by atoms with van der Waals surface area (Å²) in [4.78, 5) is 29.3. The topological polar surface area (TPSA) is 119 Å². The zero-order chi connectivity index (χ0) is 24.2. The average molecular weight is 482 g/mol. The van der Waals surface area contributed by atoms with E-state index in [-0.39, 0.29) is 48.9 Å². The van der Waals surface area contributed by atoms with Gasteiger partial charge in [-0.25, -0.2) is 0 Å². The summed E-state index contributed by atoms with van der Waals surface area (Å²) in [7, 11) is 0. The normalized spacial score (nSPS) is 25.7. The number of ether oxygens (including phenoxy) is 3. The van der Waals surface area contributed by atoms with E-state index >= 15 is 0 Å². The molecule has 4 atom stereocenters. The molecule has 1 aromatic heterocycles. The van der Waals surface area contributed by atoms with Crippen LogP contribution in [0.4, 0.5) is 5.69 Å². The minimum Gasteiger partial charge on any atom is -0.487 e. The fraction of sp³-hybridized carbons (Fsp3) is 0.500. The molecule has 1 aromatic carbocycles. The number of aliphatic hydroxyl groups excluding tert-OH is 1. The lowest BCUT2D eigenvalue weighted by Crippen LogP contribution is -2.47. The predicted molar refractivity (Wildman–Crippen MR) is 127 cm³/mol. The maximum atomic E-state index is 12.7. The number of nitrogens with zero attached hydrogens (tertiary/aromatic N) is 1. The monoisotopic (exact) mass is 481 g/mol. The van der Waals surface area contributed by atoms with Gasteiger partial charge in [0.2, 0.25) is 11.8 Å². The average Bonchev–Trinajstić information content (AvgIpc) is 3.26. The summed E-state index contributed by atoms with van der Waals surface area (Å²) >= 11 is 0. The summed E-state index contributed by atoms with van der Waals surface area (Å²) < 4.78 is 17.5. The van der Waals surface area contributed by atoms with Crippen molar-refractivity contribution in [1.29, 1.82) is 0 Å². The molecule has 2 fully saturated rings. The Morgan fingerprint density at radius 1 is 1.17 bits per heavy atom. The van der Waals surface area contributed by atoms with Crippen LogP contribution >= 0.6 is 0 Å². The second-order valence-corrected chi connectivity index (χ2v) is 9.37. The van der Waals surface area contributed by atoms with E-state index < -0.39 is 6.10 Å². The lowest BCUT2D eigenvalue weighted by atomic mass is 9.84. The summed E-state index contributed by atoms with van der Waals surface area (Å²) in [6.45, 7) is 1.42. The van der Waals surface area contributed by atoms with Crippen LogP contribution < -0.4 is 15.4 Å². The van der Waals surface area contributed by atoms with Crippen molar-refractivity contribution in [3.63, 3.8) is 0 Å². The first-order valence-electron chi connectivity index (χ1n) is 12.2. The van der Waals surface area contributed by atoms with Crippen LogP contribution in [-0.4, -0.2) is 60.0 Å². The van der Waals surface area contributed by atoms with Gasteiger partial charge in [0.25, 0.3) is 0 Å². The largest absolute Gasteiger partial charge is 0.487 e. The van der Waals surface area contributed by atoms with Gasteiger partial charge in [-0.2, -0.15) is 0 Å². The third-order valence-corrected chi connectivity index (χ3v) is 6.98. The second-order valence-electron chi connectivity index (χ2n) is 9.37. The van der Waals surface area contributed by atoms with E-state index in [0.29, 0.717) is 26.2 Å². The second kappa shape index (κ2) is 10.7. The van der Waals surface area contributed by atoms with Crippen LogP contribution in [0.15, 0.2) is 42.7 Å². The lowest BCUT2D eigenvalue weighted by Gasteiger charge is -2.37. The van der Waals surface area contributed by atoms with Crippen LogP contribution in [0.2, 0.25) is 0 Å². The Labute approximate surface area is 204 Å². The third-order valence-electron chi connectivity index (χ3n) is 6.98. The maximum Gasteiger partial charge on any atom is 0.227 e. The molecule has 0 spiro atoms. The Morgan fingerprint density at radius 2 is 2.03 bits per heavy atom. The molecule has 2 amide bonds. The smallest absolute Gasteiger partial charge is 0.227 e. The first kappa shape index (κ1) is 23.7. The quantitative estimate of drug-likeness (QED) is 0.554. The number of rotatable bonds is 7. The molecule has 0 radical (unpaired) electrons. The van der Waals surface area contributed by atoms with E-state index in [2.05, 4.69) is 15.6 Å². The van der Waals surface area contributed by atoms with Gasteiger partial charge in [0.15, 0.2) is 0 Å². The molecule has 9 heteroatoms. The number of aliphatic hydroxyl groups is 1. The van der Waals surface area contributed by atoms with Gasteiger partial charge < -0.3 is 30.0 Å². The van der Waals surface area contributed by atoms with Gasteiger partial charge in [-0.3, -0.25) is 14.6 Å². The zero-order valence-electron chi connectivity index (χ0n) is 19.5. The molecule has 4 heterocycles. The molecule has 0 saturated carbocycles. The predicted octanol–water partition coefficient (Wildman–Crippen LogP) is 2.15. The van der Waals surface area contributed by atoms with Crippen LogP contribution in [0.25, 0.3) is 0 Å². The third kappa shape index (κ3) is 5.47. The number of nitrogens with one attached hydrogen (secondary N) is 2. The number of hydrogen-bond donors (Lipinski definition) is 3. The summed E-state index contributed by atoms with van der Waals surface area (Å²) in [6.07, 6.45) is 4.43. The molecule has 3 aliphatic rings. The number of amides is 2.